The highest BCUT2D eigenvalue weighted by molar-refractivity contribution is 4.85. The van der Waals surface area contributed by atoms with Crippen molar-refractivity contribution in [2.45, 2.75) is 0 Å². The van der Waals surface area contributed by atoms with Crippen LogP contribution in [0, 0.1) is 0 Å². The van der Waals surface area contributed by atoms with Crippen LogP contribution in [-0.4, -0.2) is 163 Å². The Kier molecular flexibility index (Phi) is 19.7. The molecule has 6 N–H and O–H groups in total. The van der Waals surface area contributed by atoms with Crippen LogP contribution in [0.15, 0.2) is 24.3 Å². The second-order valence-electron chi connectivity index (χ2n) is 8.98. The molecular weight excluding hydrogens is 438 g/mol. The lowest BCUT2D eigenvalue weighted by Gasteiger charge is -2.36. The van der Waals surface area contributed by atoms with Crippen molar-refractivity contribution in [2.24, 2.45) is 0 Å². The normalized spacial score (nSPS) is 13.2. The van der Waals surface area contributed by atoms with Gasteiger partial charge in [-0.15, -0.1) is 0 Å². The summed E-state index contributed by atoms with van der Waals surface area (Å²) < 4.78 is 1.68. The van der Waals surface area contributed by atoms with Gasteiger partial charge in [-0.2, -0.15) is 0 Å². The lowest BCUT2D eigenvalue weighted by molar-refractivity contribution is -0.923. The molecule has 32 heavy (non-hydrogen) atoms. The molecule has 0 aliphatic heterocycles. The van der Waals surface area contributed by atoms with E-state index >= 15 is 0 Å². The van der Waals surface area contributed by atoms with E-state index in [-0.39, 0.29) is 52.0 Å². The molecule has 0 spiro atoms. The summed E-state index contributed by atoms with van der Waals surface area (Å²) in [5.74, 6) is 0. The Hall–Kier alpha value is -0.590. The number of hydrogen-bond donors (Lipinski definition) is 6. The van der Waals surface area contributed by atoms with E-state index in [4.69, 9.17) is 0 Å². The van der Waals surface area contributed by atoms with E-state index in [2.05, 4.69) is 38.4 Å². The zero-order valence-electron chi connectivity index (χ0n) is 20.0. The molecule has 0 bridgehead atoms. The van der Waals surface area contributed by atoms with Crippen molar-refractivity contribution in [1.29, 1.82) is 0 Å². The van der Waals surface area contributed by atoms with Crippen molar-refractivity contribution in [3.63, 3.8) is 0 Å². The predicted octanol–water partition coefficient (Wildman–Crippen LogP) is -5.23. The summed E-state index contributed by atoms with van der Waals surface area (Å²) >= 11 is 0. The fourth-order valence-corrected chi connectivity index (χ4v) is 3.88. The van der Waals surface area contributed by atoms with Crippen LogP contribution < -0.4 is 12.4 Å². The molecule has 0 amide bonds. The van der Waals surface area contributed by atoms with Crippen LogP contribution in [0.4, 0.5) is 0 Å². The summed E-state index contributed by atoms with van der Waals surface area (Å²) in [7, 11) is 4.26. The standard InChI is InChI=1S/C22H48N3O6.ClH/c1-23(2,7-3-5-9-24(11-17-26,12-18-27)13-19-28)8-4-6-10-25(14-20-29,15-21-30)16-22-31;/h3-6,26-31H,7-22H2,1-2H3;1H/q+3;/p-1/b5-3+,6-4+;. The van der Waals surface area contributed by atoms with Gasteiger partial charge in [-0.1, -0.05) is 0 Å². The number of aliphatic hydroxyl groups excluding tert-OH is 6. The van der Waals surface area contributed by atoms with Gasteiger partial charge in [0.2, 0.25) is 0 Å². The first kappa shape index (κ1) is 33.6. The number of quaternary nitrogens is 3. The van der Waals surface area contributed by atoms with Gasteiger partial charge >= 0.3 is 0 Å². The molecule has 9 nitrogen and oxygen atoms in total. The molecule has 0 saturated heterocycles. The molecular formula is C22H48ClN3O6+2. The van der Waals surface area contributed by atoms with Gasteiger partial charge in [0.1, 0.15) is 39.3 Å². The van der Waals surface area contributed by atoms with E-state index in [1.165, 1.54) is 0 Å². The Labute approximate surface area is 200 Å². The molecule has 10 heteroatoms. The van der Waals surface area contributed by atoms with Crippen molar-refractivity contribution in [3.05, 3.63) is 24.3 Å². The van der Waals surface area contributed by atoms with Gasteiger partial charge in [-0.05, 0) is 24.3 Å². The zero-order chi connectivity index (χ0) is 23.6. The summed E-state index contributed by atoms with van der Waals surface area (Å²) in [6, 6.07) is 0. The molecule has 192 valence electrons. The van der Waals surface area contributed by atoms with Gasteiger partial charge in [0, 0.05) is 0 Å². The van der Waals surface area contributed by atoms with Gasteiger partial charge in [0.25, 0.3) is 0 Å². The van der Waals surface area contributed by atoms with Crippen molar-refractivity contribution in [3.8, 4) is 0 Å². The number of halogens is 1. The number of likely N-dealkylation sites (N-methyl/N-ethyl adjacent to an activating group) is 1. The highest BCUT2D eigenvalue weighted by atomic mass is 35.5. The van der Waals surface area contributed by atoms with E-state index in [0.29, 0.717) is 61.3 Å². The first-order valence-electron chi connectivity index (χ1n) is 11.3. The molecule has 0 aromatic heterocycles. The first-order chi connectivity index (χ1) is 14.8. The molecule has 0 rings (SSSR count). The smallest absolute Gasteiger partial charge is 0.102 e. The fourth-order valence-electron chi connectivity index (χ4n) is 3.88. The molecule has 0 unspecified atom stereocenters. The minimum atomic E-state index is 0. The van der Waals surface area contributed by atoms with Crippen LogP contribution in [0.3, 0.4) is 0 Å². The van der Waals surface area contributed by atoms with E-state index in [1.54, 1.807) is 0 Å². The Morgan fingerprint density at radius 2 is 0.656 bits per heavy atom. The van der Waals surface area contributed by atoms with Crippen molar-refractivity contribution in [2.75, 3.05) is 119 Å². The molecule has 0 aliphatic carbocycles. The molecule has 0 aliphatic rings. The predicted molar refractivity (Wildman–Crippen MR) is 122 cm³/mol. The van der Waals surface area contributed by atoms with E-state index in [0.717, 1.165) is 17.6 Å². The topological polar surface area (TPSA) is 121 Å². The lowest BCUT2D eigenvalue weighted by atomic mass is 10.2. The molecule has 0 heterocycles. The van der Waals surface area contributed by atoms with Gasteiger partial charge in [-0.3, -0.25) is 0 Å². The molecule has 0 aromatic rings. The minimum Gasteiger partial charge on any atom is -1.00 e. The van der Waals surface area contributed by atoms with Gasteiger partial charge in [0.05, 0.1) is 79.9 Å². The van der Waals surface area contributed by atoms with Crippen LogP contribution >= 0.6 is 0 Å². The molecule has 0 fully saturated rings. The zero-order valence-corrected chi connectivity index (χ0v) is 20.8. The fraction of sp³-hybridized carbons (Fsp3) is 0.818. The van der Waals surface area contributed by atoms with Crippen LogP contribution in [0.1, 0.15) is 0 Å². The third-order valence-electron chi connectivity index (χ3n) is 5.96. The summed E-state index contributed by atoms with van der Waals surface area (Å²) in [4.78, 5) is 0. The Morgan fingerprint density at radius 1 is 0.438 bits per heavy atom. The van der Waals surface area contributed by atoms with Crippen molar-refractivity contribution < 1.29 is 56.5 Å². The third-order valence-corrected chi connectivity index (χ3v) is 5.96. The summed E-state index contributed by atoms with van der Waals surface area (Å²) in [5, 5.41) is 56.2. The van der Waals surface area contributed by atoms with Gasteiger partial charge < -0.3 is 56.5 Å². The number of hydrogen-bond acceptors (Lipinski definition) is 6. The Bertz CT molecular complexity index is 430. The molecule has 0 saturated carbocycles. The van der Waals surface area contributed by atoms with Gasteiger partial charge in [0.15, 0.2) is 0 Å². The van der Waals surface area contributed by atoms with Crippen LogP contribution in [0.25, 0.3) is 0 Å². The monoisotopic (exact) mass is 485 g/mol. The molecule has 0 aromatic carbocycles. The molecule has 0 atom stereocenters. The average molecular weight is 486 g/mol. The second-order valence-corrected chi connectivity index (χ2v) is 8.98. The third kappa shape index (κ3) is 13.8. The number of nitrogens with zero attached hydrogens (tertiary/aromatic N) is 3. The van der Waals surface area contributed by atoms with E-state index < -0.39 is 0 Å². The maximum Gasteiger partial charge on any atom is 0.102 e. The van der Waals surface area contributed by atoms with Crippen LogP contribution in [-0.2, 0) is 0 Å². The Balaban J connectivity index is 0. The quantitative estimate of drug-likeness (QED) is 0.0757. The molecule has 0 radical (unpaired) electrons. The summed E-state index contributed by atoms with van der Waals surface area (Å²) in [5.41, 5.74) is 0. The SMILES string of the molecule is C[N+](C)(C/C=C/C[N+](CCO)(CCO)CCO)C/C=C/C[N+](CCO)(CCO)CCO.[Cl-]. The van der Waals surface area contributed by atoms with Crippen LogP contribution in [0.5, 0.6) is 0 Å². The van der Waals surface area contributed by atoms with Crippen molar-refractivity contribution in [1.82, 2.24) is 0 Å². The second kappa shape index (κ2) is 18.8. The maximum atomic E-state index is 9.36. The Morgan fingerprint density at radius 3 is 0.875 bits per heavy atom. The summed E-state index contributed by atoms with van der Waals surface area (Å²) in [6.45, 7) is 6.04. The van der Waals surface area contributed by atoms with E-state index in [1.807, 2.05) is 0 Å². The highest BCUT2D eigenvalue weighted by Crippen LogP contribution is 2.08. The largest absolute Gasteiger partial charge is 1.00 e. The summed E-state index contributed by atoms with van der Waals surface area (Å²) in [6.07, 6.45) is 8.35. The first-order valence-corrected chi connectivity index (χ1v) is 11.3. The average Bonchev–Trinajstić information content (AvgIpc) is 2.70. The number of aliphatic hydroxyl groups is 6. The van der Waals surface area contributed by atoms with Crippen molar-refractivity contribution >= 4 is 0 Å². The van der Waals surface area contributed by atoms with Gasteiger partial charge in [-0.25, -0.2) is 0 Å². The maximum absolute atomic E-state index is 9.36. The number of rotatable bonds is 20. The van der Waals surface area contributed by atoms with Crippen LogP contribution in [0.2, 0.25) is 0 Å². The minimum absolute atomic E-state index is 0. The highest BCUT2D eigenvalue weighted by Gasteiger charge is 2.25. The van der Waals surface area contributed by atoms with E-state index in [9.17, 15) is 30.6 Å². The lowest BCUT2D eigenvalue weighted by Crippen LogP contribution is -3.00.